The fourth-order valence-corrected chi connectivity index (χ4v) is 4.22. The van der Waals surface area contributed by atoms with Crippen molar-refractivity contribution < 1.29 is 17.9 Å². The van der Waals surface area contributed by atoms with E-state index in [1.807, 2.05) is 12.1 Å². The van der Waals surface area contributed by atoms with Gasteiger partial charge >= 0.3 is 6.18 Å². The van der Waals surface area contributed by atoms with Crippen LogP contribution in [-0.4, -0.2) is 24.6 Å². The smallest absolute Gasteiger partial charge is 0.416 e. The molecule has 2 nitrogen and oxygen atoms in total. The van der Waals surface area contributed by atoms with Gasteiger partial charge in [0.25, 0.3) is 0 Å². The maximum atomic E-state index is 12.6. The molecule has 0 amide bonds. The largest absolute Gasteiger partial charge is 0.493 e. The van der Waals surface area contributed by atoms with E-state index in [1.165, 1.54) is 37.0 Å². The van der Waals surface area contributed by atoms with E-state index in [2.05, 4.69) is 17.0 Å². The SMILES string of the molecule is FC(F)(F)c1ccc(OCC2CN(C(c3ccc(Cl)cc3)C3CCC3)C2)cc1. The molecule has 6 heteroatoms. The molecule has 28 heavy (non-hydrogen) atoms. The molecule has 1 aliphatic carbocycles. The summed E-state index contributed by atoms with van der Waals surface area (Å²) in [7, 11) is 0. The molecule has 0 aromatic heterocycles. The van der Waals surface area contributed by atoms with E-state index < -0.39 is 11.7 Å². The van der Waals surface area contributed by atoms with Crippen LogP contribution in [-0.2, 0) is 6.18 Å². The fourth-order valence-electron chi connectivity index (χ4n) is 4.09. The molecule has 0 spiro atoms. The number of likely N-dealkylation sites (tertiary alicyclic amines) is 1. The minimum Gasteiger partial charge on any atom is -0.493 e. The summed E-state index contributed by atoms with van der Waals surface area (Å²) in [5, 5.41) is 0.752. The van der Waals surface area contributed by atoms with Crippen LogP contribution in [0.1, 0.15) is 36.4 Å². The van der Waals surface area contributed by atoms with E-state index >= 15 is 0 Å². The van der Waals surface area contributed by atoms with Gasteiger partial charge in [-0.3, -0.25) is 4.90 Å². The Bertz CT molecular complexity index is 781. The monoisotopic (exact) mass is 409 g/mol. The van der Waals surface area contributed by atoms with Gasteiger partial charge in [0.2, 0.25) is 0 Å². The molecule has 1 saturated heterocycles. The second-order valence-electron chi connectivity index (χ2n) is 7.84. The maximum absolute atomic E-state index is 12.6. The van der Waals surface area contributed by atoms with Crippen molar-refractivity contribution in [3.63, 3.8) is 0 Å². The van der Waals surface area contributed by atoms with E-state index in [-0.39, 0.29) is 0 Å². The number of nitrogens with zero attached hydrogens (tertiary/aromatic N) is 1. The lowest BCUT2D eigenvalue weighted by Gasteiger charge is -2.49. The Kier molecular flexibility index (Phi) is 5.57. The van der Waals surface area contributed by atoms with Crippen molar-refractivity contribution in [2.45, 2.75) is 31.5 Å². The topological polar surface area (TPSA) is 12.5 Å². The molecule has 150 valence electrons. The minimum absolute atomic E-state index is 0.400. The van der Waals surface area contributed by atoms with Crippen molar-refractivity contribution >= 4 is 11.6 Å². The van der Waals surface area contributed by atoms with E-state index in [0.29, 0.717) is 30.2 Å². The molecule has 2 aliphatic rings. The van der Waals surface area contributed by atoms with Crippen LogP contribution in [0.4, 0.5) is 13.2 Å². The van der Waals surface area contributed by atoms with Crippen LogP contribution in [0.15, 0.2) is 48.5 Å². The first-order chi connectivity index (χ1) is 13.4. The van der Waals surface area contributed by atoms with Gasteiger partial charge in [-0.25, -0.2) is 0 Å². The summed E-state index contributed by atoms with van der Waals surface area (Å²) in [4.78, 5) is 2.49. The normalized spacial score (nSPS) is 19.7. The van der Waals surface area contributed by atoms with Crippen LogP contribution < -0.4 is 4.74 Å². The van der Waals surface area contributed by atoms with Crippen LogP contribution in [0.3, 0.4) is 0 Å². The van der Waals surface area contributed by atoms with Crippen molar-refractivity contribution in [3.05, 3.63) is 64.7 Å². The predicted octanol–water partition coefficient (Wildman–Crippen LogP) is 6.21. The quantitative estimate of drug-likeness (QED) is 0.562. The zero-order chi connectivity index (χ0) is 19.7. The summed E-state index contributed by atoms with van der Waals surface area (Å²) in [5.74, 6) is 1.58. The van der Waals surface area contributed by atoms with Crippen molar-refractivity contribution in [2.24, 2.45) is 11.8 Å². The predicted molar refractivity (Wildman–Crippen MR) is 104 cm³/mol. The Labute approximate surface area is 168 Å². The molecule has 1 atom stereocenters. The Hall–Kier alpha value is -1.72. The number of alkyl halides is 3. The summed E-state index contributed by atoms with van der Waals surface area (Å²) in [6.07, 6.45) is -0.499. The Morgan fingerprint density at radius 2 is 1.64 bits per heavy atom. The van der Waals surface area contributed by atoms with Crippen LogP contribution in [0, 0.1) is 11.8 Å². The highest BCUT2D eigenvalue weighted by Crippen LogP contribution is 2.44. The molecule has 0 radical (unpaired) electrons. The van der Waals surface area contributed by atoms with Gasteiger partial charge in [0.15, 0.2) is 0 Å². The van der Waals surface area contributed by atoms with Crippen LogP contribution in [0.5, 0.6) is 5.75 Å². The van der Waals surface area contributed by atoms with Gasteiger partial charge in [-0.05, 0) is 60.7 Å². The van der Waals surface area contributed by atoms with E-state index in [0.717, 1.165) is 30.2 Å². The van der Waals surface area contributed by atoms with Crippen molar-refractivity contribution in [3.8, 4) is 5.75 Å². The van der Waals surface area contributed by atoms with Gasteiger partial charge in [-0.2, -0.15) is 13.2 Å². The molecule has 2 fully saturated rings. The number of ether oxygens (including phenoxy) is 1. The number of hydrogen-bond donors (Lipinski definition) is 0. The van der Waals surface area contributed by atoms with Gasteiger partial charge < -0.3 is 4.74 Å². The molecule has 1 aliphatic heterocycles. The van der Waals surface area contributed by atoms with Crippen molar-refractivity contribution in [2.75, 3.05) is 19.7 Å². The molecular weight excluding hydrogens is 387 g/mol. The Balaban J connectivity index is 1.31. The lowest BCUT2D eigenvalue weighted by atomic mass is 9.75. The molecule has 1 heterocycles. The van der Waals surface area contributed by atoms with Crippen LogP contribution in [0.25, 0.3) is 0 Å². The summed E-state index contributed by atoms with van der Waals surface area (Å²) in [6.45, 7) is 2.43. The molecule has 4 rings (SSSR count). The van der Waals surface area contributed by atoms with E-state index in [9.17, 15) is 13.2 Å². The van der Waals surface area contributed by atoms with Gasteiger partial charge in [-0.1, -0.05) is 30.2 Å². The molecule has 1 unspecified atom stereocenters. The average Bonchev–Trinajstić information content (AvgIpc) is 2.58. The highest BCUT2D eigenvalue weighted by Gasteiger charge is 2.39. The Morgan fingerprint density at radius 1 is 1.00 bits per heavy atom. The van der Waals surface area contributed by atoms with Crippen LogP contribution in [0.2, 0.25) is 5.02 Å². The van der Waals surface area contributed by atoms with Crippen LogP contribution >= 0.6 is 11.6 Å². The molecular formula is C22H23ClF3NO. The summed E-state index contributed by atoms with van der Waals surface area (Å²) in [6, 6.07) is 13.5. The summed E-state index contributed by atoms with van der Waals surface area (Å²) < 4.78 is 43.6. The standard InChI is InChI=1S/C22H23ClF3NO/c23-19-8-4-17(5-9-19)21(16-2-1-3-16)27-12-15(13-27)14-28-20-10-6-18(7-11-20)22(24,25)26/h4-11,15-16,21H,1-3,12-14H2. The number of benzene rings is 2. The molecule has 0 bridgehead atoms. The van der Waals surface area contributed by atoms with E-state index in [4.69, 9.17) is 16.3 Å². The molecule has 2 aromatic rings. The molecule has 2 aromatic carbocycles. The molecule has 1 saturated carbocycles. The fraction of sp³-hybridized carbons (Fsp3) is 0.455. The van der Waals surface area contributed by atoms with Crippen molar-refractivity contribution in [1.82, 2.24) is 4.90 Å². The first kappa shape index (κ1) is 19.6. The second-order valence-corrected chi connectivity index (χ2v) is 8.28. The van der Waals surface area contributed by atoms with Gasteiger partial charge in [0.1, 0.15) is 5.75 Å². The third-order valence-electron chi connectivity index (χ3n) is 5.85. The third-order valence-corrected chi connectivity index (χ3v) is 6.11. The number of halogens is 4. The summed E-state index contributed by atoms with van der Waals surface area (Å²) in [5.41, 5.74) is 0.664. The zero-order valence-electron chi connectivity index (χ0n) is 15.5. The zero-order valence-corrected chi connectivity index (χ0v) is 16.2. The lowest BCUT2D eigenvalue weighted by molar-refractivity contribution is -0.137. The van der Waals surface area contributed by atoms with Gasteiger partial charge in [0, 0.05) is 30.1 Å². The van der Waals surface area contributed by atoms with Gasteiger partial charge in [-0.15, -0.1) is 0 Å². The molecule has 0 N–H and O–H groups in total. The lowest BCUT2D eigenvalue weighted by Crippen LogP contribution is -2.53. The maximum Gasteiger partial charge on any atom is 0.416 e. The third kappa shape index (κ3) is 4.31. The highest BCUT2D eigenvalue weighted by atomic mass is 35.5. The van der Waals surface area contributed by atoms with Crippen molar-refractivity contribution in [1.29, 1.82) is 0 Å². The Morgan fingerprint density at radius 3 is 2.18 bits per heavy atom. The highest BCUT2D eigenvalue weighted by molar-refractivity contribution is 6.30. The summed E-state index contributed by atoms with van der Waals surface area (Å²) >= 11 is 6.04. The number of hydrogen-bond acceptors (Lipinski definition) is 2. The van der Waals surface area contributed by atoms with Gasteiger partial charge in [0.05, 0.1) is 12.2 Å². The first-order valence-corrected chi connectivity index (χ1v) is 10.1. The first-order valence-electron chi connectivity index (χ1n) is 9.70. The van der Waals surface area contributed by atoms with E-state index in [1.54, 1.807) is 0 Å². The number of rotatable bonds is 6. The second kappa shape index (κ2) is 7.96. The minimum atomic E-state index is -4.31. The average molecular weight is 410 g/mol.